The molecule has 0 fully saturated rings. The minimum absolute atomic E-state index is 0.00330. The first-order chi connectivity index (χ1) is 19.9. The summed E-state index contributed by atoms with van der Waals surface area (Å²) in [6.45, 7) is 2.93. The highest BCUT2D eigenvalue weighted by molar-refractivity contribution is 5.68. The van der Waals surface area contributed by atoms with E-state index in [2.05, 4.69) is 63.2 Å². The highest BCUT2D eigenvalue weighted by Crippen LogP contribution is 2.34. The number of carboxylic acid groups (broad SMARTS) is 2. The number of ether oxygens (including phenoxy) is 1. The maximum Gasteiger partial charge on any atom is 0.290 e. The molecule has 11 nitrogen and oxygen atoms in total. The number of hydrogen-bond acceptors (Lipinski definition) is 8. The van der Waals surface area contributed by atoms with Crippen LogP contribution in [-0.2, 0) is 23.1 Å². The molecule has 0 radical (unpaired) electrons. The molecule has 4 N–H and O–H groups in total. The number of anilines is 1. The van der Waals surface area contributed by atoms with Gasteiger partial charge in [0.2, 0.25) is 5.88 Å². The number of nitrogens with zero attached hydrogens (tertiary/aromatic N) is 4. The van der Waals surface area contributed by atoms with Gasteiger partial charge >= 0.3 is 0 Å². The monoisotopic (exact) mass is 556 g/mol. The predicted molar refractivity (Wildman–Crippen MR) is 154 cm³/mol. The lowest BCUT2D eigenvalue weighted by atomic mass is 9.99. The van der Waals surface area contributed by atoms with Crippen LogP contribution in [0, 0.1) is 18.3 Å². The summed E-state index contributed by atoms with van der Waals surface area (Å²) in [6.07, 6.45) is 2.58. The maximum absolute atomic E-state index is 9.01. The first kappa shape index (κ1) is 30.3. The third-order valence-electron chi connectivity index (χ3n) is 6.30. The van der Waals surface area contributed by atoms with Gasteiger partial charge in [0, 0.05) is 18.8 Å². The lowest BCUT2D eigenvalue weighted by molar-refractivity contribution is -0.123. The van der Waals surface area contributed by atoms with Gasteiger partial charge < -0.3 is 25.6 Å². The number of aromatic nitrogens is 3. The van der Waals surface area contributed by atoms with Gasteiger partial charge in [-0.25, -0.2) is 4.98 Å². The molecule has 3 heterocycles. The molecule has 0 aliphatic carbocycles. The molecule has 5 rings (SSSR count). The van der Waals surface area contributed by atoms with E-state index in [4.69, 9.17) is 29.8 Å². The Hall–Kier alpha value is -5.21. The Morgan fingerprint density at radius 2 is 1.83 bits per heavy atom. The van der Waals surface area contributed by atoms with Crippen molar-refractivity contribution in [3.8, 4) is 23.2 Å². The minimum atomic E-state index is -0.250. The molecule has 2 aromatic carbocycles. The number of nitrogens with one attached hydrogen (secondary N) is 2. The zero-order valence-electron chi connectivity index (χ0n) is 22.8. The van der Waals surface area contributed by atoms with E-state index in [9.17, 15) is 0 Å². The van der Waals surface area contributed by atoms with Crippen LogP contribution < -0.4 is 15.4 Å². The molecule has 1 aliphatic heterocycles. The van der Waals surface area contributed by atoms with Gasteiger partial charge in [-0.2, -0.15) is 10.4 Å². The lowest BCUT2D eigenvalue weighted by Gasteiger charge is -2.33. The first-order valence-electron chi connectivity index (χ1n) is 12.8. The van der Waals surface area contributed by atoms with Crippen molar-refractivity contribution in [2.45, 2.75) is 25.5 Å². The van der Waals surface area contributed by atoms with E-state index in [1.807, 2.05) is 55.2 Å². The molecule has 0 saturated carbocycles. The van der Waals surface area contributed by atoms with Crippen LogP contribution in [0.1, 0.15) is 28.4 Å². The predicted octanol–water partition coefficient (Wildman–Crippen LogP) is 3.81. The average Bonchev–Trinajstić information content (AvgIpc) is 3.34. The first-order valence-corrected chi connectivity index (χ1v) is 12.8. The molecule has 0 spiro atoms. The fourth-order valence-corrected chi connectivity index (χ4v) is 4.52. The van der Waals surface area contributed by atoms with Crippen molar-refractivity contribution in [2.24, 2.45) is 7.05 Å². The number of fused-ring (bicyclic) bond motifs is 1. The SMILES string of the molecule is Cc1cc(-c2cnc3c(c2)NC[C@@H]([C@H](NCCc2ccc(C#N)cc2)c2ccccc2)O3)n(C)n1.O=CO.O=CO. The van der Waals surface area contributed by atoms with Crippen LogP contribution in [0.25, 0.3) is 11.3 Å². The molecule has 2 aromatic heterocycles. The van der Waals surface area contributed by atoms with Gasteiger partial charge in [-0.3, -0.25) is 14.3 Å². The van der Waals surface area contributed by atoms with E-state index in [0.29, 0.717) is 18.0 Å². The van der Waals surface area contributed by atoms with Gasteiger partial charge in [-0.15, -0.1) is 0 Å². The zero-order valence-corrected chi connectivity index (χ0v) is 22.8. The molecule has 212 valence electrons. The Kier molecular flexibility index (Phi) is 11.4. The second kappa shape index (κ2) is 15.4. The number of rotatable bonds is 7. The minimum Gasteiger partial charge on any atom is -0.483 e. The van der Waals surface area contributed by atoms with Crippen molar-refractivity contribution in [3.63, 3.8) is 0 Å². The number of aryl methyl sites for hydroxylation is 2. The zero-order chi connectivity index (χ0) is 29.6. The third-order valence-corrected chi connectivity index (χ3v) is 6.30. The molecule has 4 aromatic rings. The maximum atomic E-state index is 9.01. The summed E-state index contributed by atoms with van der Waals surface area (Å²) in [5.41, 5.74) is 6.93. The standard InChI is InChI=1S/C28H28N6O.2CH2O2/c1-19-14-25(34(2)33-19)23-15-24-28(32-17-23)35-26(18-31-24)27(22-6-4-3-5-7-22)30-13-12-20-8-10-21(16-29)11-9-20;2*2-1-3/h3-11,14-15,17,26-27,30-31H,12-13,18H2,1-2H3;2*1H,(H,2,3)/t26-,27+;;/m0../s1. The van der Waals surface area contributed by atoms with E-state index in [1.165, 1.54) is 11.1 Å². The van der Waals surface area contributed by atoms with Gasteiger partial charge in [0.15, 0.2) is 0 Å². The van der Waals surface area contributed by atoms with Crippen LogP contribution >= 0.6 is 0 Å². The van der Waals surface area contributed by atoms with Gasteiger partial charge in [0.25, 0.3) is 12.9 Å². The molecule has 11 heteroatoms. The van der Waals surface area contributed by atoms with E-state index in [-0.39, 0.29) is 25.1 Å². The van der Waals surface area contributed by atoms with Gasteiger partial charge in [-0.05, 0) is 55.3 Å². The average molecular weight is 557 g/mol. The van der Waals surface area contributed by atoms with E-state index >= 15 is 0 Å². The van der Waals surface area contributed by atoms with Crippen molar-refractivity contribution >= 4 is 18.6 Å². The summed E-state index contributed by atoms with van der Waals surface area (Å²) in [5, 5.41) is 34.5. The normalized spacial score (nSPS) is 13.7. The largest absolute Gasteiger partial charge is 0.483 e. The van der Waals surface area contributed by atoms with Gasteiger partial charge in [-0.1, -0.05) is 42.5 Å². The van der Waals surface area contributed by atoms with Crippen molar-refractivity contribution in [1.82, 2.24) is 20.1 Å². The second-order valence-corrected chi connectivity index (χ2v) is 9.02. The number of benzene rings is 2. The smallest absolute Gasteiger partial charge is 0.290 e. The molecule has 0 saturated heterocycles. The molecular formula is C30H32N6O5. The highest BCUT2D eigenvalue weighted by Gasteiger charge is 2.29. The lowest BCUT2D eigenvalue weighted by Crippen LogP contribution is -2.43. The fraction of sp³-hybridized carbons (Fsp3) is 0.233. The van der Waals surface area contributed by atoms with E-state index in [1.54, 1.807) is 0 Å². The van der Waals surface area contributed by atoms with E-state index < -0.39 is 0 Å². The van der Waals surface area contributed by atoms with E-state index in [0.717, 1.165) is 35.6 Å². The molecule has 0 bridgehead atoms. The molecule has 0 amide bonds. The summed E-state index contributed by atoms with van der Waals surface area (Å²) < 4.78 is 8.28. The number of carbonyl (C=O) groups is 2. The van der Waals surface area contributed by atoms with Crippen LogP contribution in [0.5, 0.6) is 5.88 Å². The fourth-order valence-electron chi connectivity index (χ4n) is 4.52. The number of pyridine rings is 1. The summed E-state index contributed by atoms with van der Waals surface area (Å²) >= 11 is 0. The molecule has 2 atom stereocenters. The highest BCUT2D eigenvalue weighted by atomic mass is 16.5. The Morgan fingerprint density at radius 3 is 2.44 bits per heavy atom. The summed E-state index contributed by atoms with van der Waals surface area (Å²) in [5.74, 6) is 0.610. The quantitative estimate of drug-likeness (QED) is 0.246. The van der Waals surface area contributed by atoms with Gasteiger partial charge in [0.05, 0.1) is 41.3 Å². The van der Waals surface area contributed by atoms with Crippen molar-refractivity contribution in [3.05, 3.63) is 95.3 Å². The van der Waals surface area contributed by atoms with Crippen LogP contribution in [0.4, 0.5) is 5.69 Å². The Labute approximate surface area is 238 Å². The Balaban J connectivity index is 0.000000710. The van der Waals surface area contributed by atoms with Crippen molar-refractivity contribution in [1.29, 1.82) is 5.26 Å². The van der Waals surface area contributed by atoms with Crippen LogP contribution in [0.15, 0.2) is 72.9 Å². The van der Waals surface area contributed by atoms with Crippen LogP contribution in [0.3, 0.4) is 0 Å². The van der Waals surface area contributed by atoms with Crippen molar-refractivity contribution in [2.75, 3.05) is 18.4 Å². The second-order valence-electron chi connectivity index (χ2n) is 9.02. The van der Waals surface area contributed by atoms with Crippen LogP contribution in [0.2, 0.25) is 0 Å². The molecule has 1 aliphatic rings. The summed E-state index contributed by atoms with van der Waals surface area (Å²) in [6, 6.07) is 24.4. The third kappa shape index (κ3) is 8.39. The summed E-state index contributed by atoms with van der Waals surface area (Å²) in [7, 11) is 1.94. The number of nitriles is 1. The van der Waals surface area contributed by atoms with Crippen LogP contribution in [-0.4, -0.2) is 57.1 Å². The Bertz CT molecular complexity index is 1440. The Morgan fingerprint density at radius 1 is 1.15 bits per heavy atom. The van der Waals surface area contributed by atoms with Gasteiger partial charge in [0.1, 0.15) is 6.10 Å². The number of hydrogen-bond donors (Lipinski definition) is 4. The topological polar surface area (TPSA) is 162 Å². The summed E-state index contributed by atoms with van der Waals surface area (Å²) in [4.78, 5) is 21.4. The molecule has 0 unspecified atom stereocenters. The molecular weight excluding hydrogens is 524 g/mol. The van der Waals surface area contributed by atoms with Crippen molar-refractivity contribution < 1.29 is 24.5 Å². The molecule has 41 heavy (non-hydrogen) atoms.